The highest BCUT2D eigenvalue weighted by molar-refractivity contribution is 7.91. The number of benzene rings is 1. The van der Waals surface area contributed by atoms with E-state index < -0.39 is 9.84 Å². The second-order valence-corrected chi connectivity index (χ2v) is 8.77. The molecular formula is C16H27NO3S. The summed E-state index contributed by atoms with van der Waals surface area (Å²) >= 11 is 0. The molecule has 1 N–H and O–H groups in total. The predicted molar refractivity (Wildman–Crippen MR) is 87.6 cm³/mol. The van der Waals surface area contributed by atoms with E-state index in [9.17, 15) is 8.42 Å². The van der Waals surface area contributed by atoms with Crippen molar-refractivity contribution in [2.45, 2.75) is 46.7 Å². The van der Waals surface area contributed by atoms with Crippen molar-refractivity contribution >= 4 is 9.84 Å². The van der Waals surface area contributed by atoms with E-state index in [0.29, 0.717) is 6.54 Å². The summed E-state index contributed by atoms with van der Waals surface area (Å²) in [5, 5.41) is 3.43. The van der Waals surface area contributed by atoms with E-state index in [2.05, 4.69) is 32.2 Å². The summed E-state index contributed by atoms with van der Waals surface area (Å²) in [6.07, 6.45) is 0. The normalized spacial score (nSPS) is 12.4. The third-order valence-corrected chi connectivity index (χ3v) is 4.79. The Morgan fingerprint density at radius 2 is 1.90 bits per heavy atom. The summed E-state index contributed by atoms with van der Waals surface area (Å²) < 4.78 is 28.7. The summed E-state index contributed by atoms with van der Waals surface area (Å²) in [5.74, 6) is 0.968. The molecule has 1 aromatic rings. The van der Waals surface area contributed by atoms with Crippen molar-refractivity contribution in [3.8, 4) is 5.75 Å². The van der Waals surface area contributed by atoms with Gasteiger partial charge in [0.1, 0.15) is 12.4 Å². The van der Waals surface area contributed by atoms with Gasteiger partial charge in [-0.05, 0) is 33.8 Å². The second-order valence-electron chi connectivity index (χ2n) is 6.30. The quantitative estimate of drug-likeness (QED) is 0.841. The predicted octanol–water partition coefficient (Wildman–Crippen LogP) is 2.70. The van der Waals surface area contributed by atoms with Crippen LogP contribution in [-0.4, -0.2) is 32.1 Å². The monoisotopic (exact) mass is 313 g/mol. The minimum Gasteiger partial charge on any atom is -0.492 e. The number of aryl methyl sites for hydroxylation is 1. The van der Waals surface area contributed by atoms with Gasteiger partial charge in [-0.25, -0.2) is 8.42 Å². The maximum atomic E-state index is 11.5. The van der Waals surface area contributed by atoms with E-state index in [1.165, 1.54) is 0 Å². The van der Waals surface area contributed by atoms with Crippen LogP contribution in [0.2, 0.25) is 0 Å². The molecule has 0 aliphatic carbocycles. The molecule has 5 heteroatoms. The fraction of sp³-hybridized carbons (Fsp3) is 0.625. The Hall–Kier alpha value is -1.07. The zero-order valence-electron chi connectivity index (χ0n) is 13.7. The molecule has 0 aromatic heterocycles. The Morgan fingerprint density at radius 3 is 2.48 bits per heavy atom. The zero-order valence-corrected chi connectivity index (χ0v) is 14.5. The minimum atomic E-state index is -2.99. The van der Waals surface area contributed by atoms with Crippen LogP contribution in [0.1, 0.15) is 38.8 Å². The van der Waals surface area contributed by atoms with Crippen molar-refractivity contribution < 1.29 is 13.2 Å². The van der Waals surface area contributed by atoms with Crippen LogP contribution in [-0.2, 0) is 16.4 Å². The molecule has 0 bridgehead atoms. The van der Waals surface area contributed by atoms with Crippen molar-refractivity contribution in [1.82, 2.24) is 5.32 Å². The van der Waals surface area contributed by atoms with E-state index in [0.717, 1.165) is 16.9 Å². The van der Waals surface area contributed by atoms with E-state index in [1.807, 2.05) is 19.1 Å². The Balaban J connectivity index is 2.73. The zero-order chi connectivity index (χ0) is 16.1. The van der Waals surface area contributed by atoms with Crippen LogP contribution in [0.25, 0.3) is 0 Å². The Labute approximate surface area is 128 Å². The summed E-state index contributed by atoms with van der Waals surface area (Å²) in [6.45, 7) is 10.9. The lowest BCUT2D eigenvalue weighted by atomic mass is 10.1. The van der Waals surface area contributed by atoms with Crippen LogP contribution < -0.4 is 10.1 Å². The van der Waals surface area contributed by atoms with Gasteiger partial charge in [0.15, 0.2) is 9.84 Å². The lowest BCUT2D eigenvalue weighted by Crippen LogP contribution is -2.35. The molecule has 0 atom stereocenters. The standard InChI is InChI=1S/C16H27NO3S/c1-6-21(18,19)10-9-20-15-8-7-13(2)11-14(15)12-17-16(3,4)5/h7-8,11,17H,6,9-10,12H2,1-5H3. The van der Waals surface area contributed by atoms with E-state index in [4.69, 9.17) is 4.74 Å². The maximum absolute atomic E-state index is 11.5. The third-order valence-electron chi connectivity index (χ3n) is 3.12. The van der Waals surface area contributed by atoms with Gasteiger partial charge >= 0.3 is 0 Å². The van der Waals surface area contributed by atoms with Crippen molar-refractivity contribution in [3.63, 3.8) is 0 Å². The van der Waals surface area contributed by atoms with Gasteiger partial charge in [0.05, 0.1) is 5.75 Å². The third kappa shape index (κ3) is 6.96. The molecule has 0 unspecified atom stereocenters. The molecule has 0 aliphatic heterocycles. The largest absolute Gasteiger partial charge is 0.492 e. The lowest BCUT2D eigenvalue weighted by molar-refractivity contribution is 0.333. The molecule has 0 spiro atoms. The molecule has 0 fully saturated rings. The number of sulfone groups is 1. The molecule has 0 amide bonds. The number of nitrogens with one attached hydrogen (secondary N) is 1. The number of hydrogen-bond donors (Lipinski definition) is 1. The second kappa shape index (κ2) is 7.27. The summed E-state index contributed by atoms with van der Waals surface area (Å²) in [4.78, 5) is 0. The van der Waals surface area contributed by atoms with Gasteiger partial charge in [-0.2, -0.15) is 0 Å². The van der Waals surface area contributed by atoms with Crippen LogP contribution in [0, 0.1) is 6.92 Å². The van der Waals surface area contributed by atoms with Gasteiger partial charge < -0.3 is 10.1 Å². The van der Waals surface area contributed by atoms with Gasteiger partial charge in [0.2, 0.25) is 0 Å². The first-order valence-electron chi connectivity index (χ1n) is 7.31. The number of ether oxygens (including phenoxy) is 1. The molecule has 0 aliphatic rings. The van der Waals surface area contributed by atoms with E-state index >= 15 is 0 Å². The lowest BCUT2D eigenvalue weighted by Gasteiger charge is -2.22. The SMILES string of the molecule is CCS(=O)(=O)CCOc1ccc(C)cc1CNC(C)(C)C. The van der Waals surface area contributed by atoms with Gasteiger partial charge in [-0.15, -0.1) is 0 Å². The summed E-state index contributed by atoms with van der Waals surface area (Å²) in [7, 11) is -2.99. The molecule has 4 nitrogen and oxygen atoms in total. The van der Waals surface area contributed by atoms with E-state index in [-0.39, 0.29) is 23.7 Å². The van der Waals surface area contributed by atoms with Crippen LogP contribution in [0.4, 0.5) is 0 Å². The average molecular weight is 313 g/mol. The Morgan fingerprint density at radius 1 is 1.24 bits per heavy atom. The average Bonchev–Trinajstić information content (AvgIpc) is 2.37. The summed E-state index contributed by atoms with van der Waals surface area (Å²) in [6, 6.07) is 5.96. The highest BCUT2D eigenvalue weighted by Crippen LogP contribution is 2.21. The molecule has 0 saturated carbocycles. The minimum absolute atomic E-state index is 0.0204. The topological polar surface area (TPSA) is 55.4 Å². The fourth-order valence-corrected chi connectivity index (χ4v) is 2.40. The van der Waals surface area contributed by atoms with Gasteiger partial charge in [-0.1, -0.05) is 24.6 Å². The molecular weight excluding hydrogens is 286 g/mol. The number of rotatable bonds is 7. The van der Waals surface area contributed by atoms with Crippen LogP contribution >= 0.6 is 0 Å². The van der Waals surface area contributed by atoms with Gasteiger partial charge in [0.25, 0.3) is 0 Å². The van der Waals surface area contributed by atoms with Gasteiger partial charge in [-0.3, -0.25) is 0 Å². The fourth-order valence-electron chi connectivity index (χ4n) is 1.77. The highest BCUT2D eigenvalue weighted by Gasteiger charge is 2.12. The van der Waals surface area contributed by atoms with Crippen molar-refractivity contribution in [1.29, 1.82) is 0 Å². The smallest absolute Gasteiger partial charge is 0.153 e. The first kappa shape index (κ1) is 18.0. The maximum Gasteiger partial charge on any atom is 0.153 e. The number of hydrogen-bond acceptors (Lipinski definition) is 4. The molecule has 1 aromatic carbocycles. The molecule has 0 radical (unpaired) electrons. The molecule has 0 heterocycles. The first-order valence-corrected chi connectivity index (χ1v) is 9.13. The van der Waals surface area contributed by atoms with Crippen LogP contribution in [0.5, 0.6) is 5.75 Å². The molecule has 21 heavy (non-hydrogen) atoms. The van der Waals surface area contributed by atoms with Crippen LogP contribution in [0.15, 0.2) is 18.2 Å². The molecule has 120 valence electrons. The Bertz CT molecular complexity index is 559. The van der Waals surface area contributed by atoms with Crippen molar-refractivity contribution in [2.24, 2.45) is 0 Å². The molecule has 1 rings (SSSR count). The Kier molecular flexibility index (Phi) is 6.23. The van der Waals surface area contributed by atoms with E-state index in [1.54, 1.807) is 6.92 Å². The van der Waals surface area contributed by atoms with Crippen molar-refractivity contribution in [3.05, 3.63) is 29.3 Å². The summed E-state index contributed by atoms with van der Waals surface area (Å²) in [5.41, 5.74) is 2.24. The van der Waals surface area contributed by atoms with Gasteiger partial charge in [0, 0.05) is 23.4 Å². The first-order chi connectivity index (χ1) is 9.63. The highest BCUT2D eigenvalue weighted by atomic mass is 32.2. The van der Waals surface area contributed by atoms with Crippen LogP contribution in [0.3, 0.4) is 0 Å². The van der Waals surface area contributed by atoms with Crippen molar-refractivity contribution in [2.75, 3.05) is 18.1 Å². The molecule has 0 saturated heterocycles.